The second-order valence-corrected chi connectivity index (χ2v) is 5.61. The summed E-state index contributed by atoms with van der Waals surface area (Å²) < 4.78 is 10.3. The predicted octanol–water partition coefficient (Wildman–Crippen LogP) is 1.95. The third kappa shape index (κ3) is 3.41. The minimum Gasteiger partial charge on any atom is -0.465 e. The lowest BCUT2D eigenvalue weighted by atomic mass is 9.99. The average molecular weight is 280 g/mol. The summed E-state index contributed by atoms with van der Waals surface area (Å²) in [5, 5.41) is 3.51. The SMILES string of the molecule is COC(=O)c1cc(CNC2CCN(C)C(C)C2)oc1C. The highest BCUT2D eigenvalue weighted by molar-refractivity contribution is 5.90. The Bertz CT molecular complexity index is 470. The molecule has 0 aromatic carbocycles. The summed E-state index contributed by atoms with van der Waals surface area (Å²) >= 11 is 0. The topological polar surface area (TPSA) is 54.7 Å². The fourth-order valence-electron chi connectivity index (χ4n) is 2.66. The lowest BCUT2D eigenvalue weighted by molar-refractivity contribution is 0.0599. The maximum atomic E-state index is 11.5. The number of hydrogen-bond donors (Lipinski definition) is 1. The van der Waals surface area contributed by atoms with E-state index in [0.717, 1.165) is 25.1 Å². The molecule has 0 aliphatic carbocycles. The van der Waals surface area contributed by atoms with Crippen LogP contribution in [0.2, 0.25) is 0 Å². The Kier molecular flexibility index (Phi) is 4.83. The molecule has 1 aliphatic heterocycles. The Hall–Kier alpha value is -1.33. The van der Waals surface area contributed by atoms with Crippen LogP contribution in [0.1, 0.15) is 41.6 Å². The van der Waals surface area contributed by atoms with Crippen LogP contribution in [-0.2, 0) is 11.3 Å². The van der Waals surface area contributed by atoms with Gasteiger partial charge in [-0.25, -0.2) is 4.79 Å². The lowest BCUT2D eigenvalue weighted by Crippen LogP contribution is -2.45. The smallest absolute Gasteiger partial charge is 0.341 e. The zero-order chi connectivity index (χ0) is 14.7. The van der Waals surface area contributed by atoms with Gasteiger partial charge < -0.3 is 19.4 Å². The van der Waals surface area contributed by atoms with Crippen LogP contribution in [0.15, 0.2) is 10.5 Å². The normalized spacial score (nSPS) is 23.8. The van der Waals surface area contributed by atoms with E-state index in [9.17, 15) is 4.79 Å². The molecule has 1 aromatic rings. The van der Waals surface area contributed by atoms with Crippen LogP contribution in [0.3, 0.4) is 0 Å². The number of carbonyl (C=O) groups excluding carboxylic acids is 1. The van der Waals surface area contributed by atoms with E-state index in [0.29, 0.717) is 30.0 Å². The van der Waals surface area contributed by atoms with Gasteiger partial charge in [0.1, 0.15) is 17.1 Å². The first-order chi connectivity index (χ1) is 9.51. The highest BCUT2D eigenvalue weighted by Gasteiger charge is 2.23. The number of hydrogen-bond acceptors (Lipinski definition) is 5. The number of rotatable bonds is 4. The van der Waals surface area contributed by atoms with Crippen LogP contribution < -0.4 is 5.32 Å². The molecule has 1 saturated heterocycles. The van der Waals surface area contributed by atoms with Crippen LogP contribution in [-0.4, -0.2) is 43.7 Å². The zero-order valence-electron chi connectivity index (χ0n) is 12.7. The number of aryl methyl sites for hydroxylation is 1. The van der Waals surface area contributed by atoms with Gasteiger partial charge in [-0.2, -0.15) is 0 Å². The van der Waals surface area contributed by atoms with Crippen molar-refractivity contribution in [3.63, 3.8) is 0 Å². The van der Waals surface area contributed by atoms with Crippen LogP contribution in [0.5, 0.6) is 0 Å². The van der Waals surface area contributed by atoms with Gasteiger partial charge in [0.15, 0.2) is 0 Å². The molecule has 1 N–H and O–H groups in total. The van der Waals surface area contributed by atoms with Gasteiger partial charge in [0.2, 0.25) is 0 Å². The molecule has 2 unspecified atom stereocenters. The Morgan fingerprint density at radius 2 is 2.35 bits per heavy atom. The van der Waals surface area contributed by atoms with Crippen molar-refractivity contribution in [2.24, 2.45) is 0 Å². The van der Waals surface area contributed by atoms with E-state index in [1.165, 1.54) is 7.11 Å². The number of methoxy groups -OCH3 is 1. The molecule has 2 rings (SSSR count). The van der Waals surface area contributed by atoms with E-state index in [4.69, 9.17) is 9.15 Å². The van der Waals surface area contributed by atoms with Gasteiger partial charge in [-0.05, 0) is 46.3 Å². The molecule has 0 saturated carbocycles. The van der Waals surface area contributed by atoms with Crippen LogP contribution in [0.4, 0.5) is 0 Å². The molecule has 0 bridgehead atoms. The molecule has 1 fully saturated rings. The molecule has 0 spiro atoms. The van der Waals surface area contributed by atoms with Gasteiger partial charge in [0, 0.05) is 12.1 Å². The highest BCUT2D eigenvalue weighted by atomic mass is 16.5. The number of ether oxygens (including phenoxy) is 1. The number of likely N-dealkylation sites (tertiary alicyclic amines) is 1. The molecule has 1 aliphatic rings. The van der Waals surface area contributed by atoms with Crippen LogP contribution in [0.25, 0.3) is 0 Å². The maximum absolute atomic E-state index is 11.5. The Labute approximate surface area is 120 Å². The van der Waals surface area contributed by atoms with Gasteiger partial charge in [-0.3, -0.25) is 0 Å². The second kappa shape index (κ2) is 6.41. The maximum Gasteiger partial charge on any atom is 0.341 e. The van der Waals surface area contributed by atoms with E-state index in [2.05, 4.69) is 24.2 Å². The number of nitrogens with one attached hydrogen (secondary N) is 1. The number of esters is 1. The number of piperidine rings is 1. The van der Waals surface area contributed by atoms with Crippen molar-refractivity contribution in [1.29, 1.82) is 0 Å². The first kappa shape index (κ1) is 15.1. The summed E-state index contributed by atoms with van der Waals surface area (Å²) in [7, 11) is 3.55. The van der Waals surface area contributed by atoms with Gasteiger partial charge in [-0.15, -0.1) is 0 Å². The molecule has 2 atom stereocenters. The number of nitrogens with zero attached hydrogens (tertiary/aromatic N) is 1. The summed E-state index contributed by atoms with van der Waals surface area (Å²) in [6, 6.07) is 2.88. The lowest BCUT2D eigenvalue weighted by Gasteiger charge is -2.35. The summed E-state index contributed by atoms with van der Waals surface area (Å²) in [5.74, 6) is 1.06. The number of furan rings is 1. The van der Waals surface area contributed by atoms with E-state index in [1.54, 1.807) is 13.0 Å². The van der Waals surface area contributed by atoms with Gasteiger partial charge >= 0.3 is 5.97 Å². The average Bonchev–Trinajstić information content (AvgIpc) is 2.80. The molecule has 5 nitrogen and oxygen atoms in total. The first-order valence-electron chi connectivity index (χ1n) is 7.12. The minimum absolute atomic E-state index is 0.342. The van der Waals surface area contributed by atoms with Gasteiger partial charge in [-0.1, -0.05) is 0 Å². The predicted molar refractivity (Wildman–Crippen MR) is 76.7 cm³/mol. The quantitative estimate of drug-likeness (QED) is 0.854. The molecule has 2 heterocycles. The minimum atomic E-state index is -0.342. The molecular weight excluding hydrogens is 256 g/mol. The summed E-state index contributed by atoms with van der Waals surface area (Å²) in [6.45, 7) is 5.80. The van der Waals surface area contributed by atoms with Crippen molar-refractivity contribution in [1.82, 2.24) is 10.2 Å². The van der Waals surface area contributed by atoms with Crippen molar-refractivity contribution in [2.45, 2.75) is 45.3 Å². The molecule has 0 radical (unpaired) electrons. The van der Waals surface area contributed by atoms with E-state index < -0.39 is 0 Å². The van der Waals surface area contributed by atoms with Crippen molar-refractivity contribution in [3.05, 3.63) is 23.2 Å². The van der Waals surface area contributed by atoms with Gasteiger partial charge in [0.05, 0.1) is 13.7 Å². The fraction of sp³-hybridized carbons (Fsp3) is 0.667. The molecule has 20 heavy (non-hydrogen) atoms. The van der Waals surface area contributed by atoms with Gasteiger partial charge in [0.25, 0.3) is 0 Å². The van der Waals surface area contributed by atoms with E-state index >= 15 is 0 Å². The van der Waals surface area contributed by atoms with Crippen LogP contribution >= 0.6 is 0 Å². The third-order valence-corrected chi connectivity index (χ3v) is 4.15. The standard InChI is InChI=1S/C15H24N2O3/c1-10-7-12(5-6-17(10)3)16-9-13-8-14(11(2)20-13)15(18)19-4/h8,10,12,16H,5-7,9H2,1-4H3. The summed E-state index contributed by atoms with van der Waals surface area (Å²) in [4.78, 5) is 13.9. The van der Waals surface area contributed by atoms with Crippen LogP contribution in [0, 0.1) is 6.92 Å². The Balaban J connectivity index is 1.90. The first-order valence-corrected chi connectivity index (χ1v) is 7.12. The largest absolute Gasteiger partial charge is 0.465 e. The molecule has 112 valence electrons. The third-order valence-electron chi connectivity index (χ3n) is 4.15. The Morgan fingerprint density at radius 1 is 1.60 bits per heavy atom. The molecule has 1 aromatic heterocycles. The van der Waals surface area contributed by atoms with Crippen molar-refractivity contribution < 1.29 is 13.9 Å². The van der Waals surface area contributed by atoms with Crippen molar-refractivity contribution >= 4 is 5.97 Å². The fourth-order valence-corrected chi connectivity index (χ4v) is 2.66. The summed E-state index contributed by atoms with van der Waals surface area (Å²) in [5.41, 5.74) is 0.515. The second-order valence-electron chi connectivity index (χ2n) is 5.61. The van der Waals surface area contributed by atoms with Crippen molar-refractivity contribution in [3.8, 4) is 0 Å². The zero-order valence-corrected chi connectivity index (χ0v) is 12.7. The highest BCUT2D eigenvalue weighted by Crippen LogP contribution is 2.18. The van der Waals surface area contributed by atoms with Crippen molar-refractivity contribution in [2.75, 3.05) is 20.7 Å². The van der Waals surface area contributed by atoms with E-state index in [1.807, 2.05) is 0 Å². The summed E-state index contributed by atoms with van der Waals surface area (Å²) in [6.07, 6.45) is 2.28. The molecule has 0 amide bonds. The number of carbonyl (C=O) groups is 1. The molecular formula is C15H24N2O3. The van der Waals surface area contributed by atoms with E-state index in [-0.39, 0.29) is 5.97 Å². The monoisotopic (exact) mass is 280 g/mol. The molecule has 5 heteroatoms. The Morgan fingerprint density at radius 3 is 3.00 bits per heavy atom.